The van der Waals surface area contributed by atoms with Crippen LogP contribution in [0, 0.1) is 13.8 Å². The van der Waals surface area contributed by atoms with Crippen molar-refractivity contribution in [1.29, 1.82) is 0 Å². The lowest BCUT2D eigenvalue weighted by Gasteiger charge is -2.14. The van der Waals surface area contributed by atoms with E-state index >= 15 is 0 Å². The Morgan fingerprint density at radius 3 is 2.27 bits per heavy atom. The molecule has 0 N–H and O–H groups in total. The summed E-state index contributed by atoms with van der Waals surface area (Å²) in [7, 11) is 4.00. The Balaban J connectivity index is 1.95. The maximum Gasteiger partial charge on any atom is 0.189 e. The number of hydrogen-bond donors (Lipinski definition) is 0. The van der Waals surface area contributed by atoms with Gasteiger partial charge in [0.15, 0.2) is 5.78 Å². The van der Waals surface area contributed by atoms with E-state index in [2.05, 4.69) is 36.9 Å². The van der Waals surface area contributed by atoms with E-state index in [0.717, 1.165) is 23.2 Å². The molecule has 0 aliphatic rings. The summed E-state index contributed by atoms with van der Waals surface area (Å²) in [6, 6.07) is 22.1. The van der Waals surface area contributed by atoms with Crippen LogP contribution in [0.2, 0.25) is 0 Å². The van der Waals surface area contributed by atoms with Gasteiger partial charge >= 0.3 is 0 Å². The number of ether oxygens (including phenoxy) is 1. The van der Waals surface area contributed by atoms with Crippen molar-refractivity contribution in [2.75, 3.05) is 27.2 Å². The SMILES string of the molecule is Cc1cc(C)cc(-c2ccc(OCCN(C)C)c(C(=O)C=Cc3ccccc3)c2)c1. The predicted molar refractivity (Wildman–Crippen MR) is 125 cm³/mol. The molecule has 0 amide bonds. The van der Waals surface area contributed by atoms with Crippen LogP contribution in [-0.2, 0) is 0 Å². The van der Waals surface area contributed by atoms with E-state index in [1.165, 1.54) is 11.1 Å². The van der Waals surface area contributed by atoms with E-state index in [1.54, 1.807) is 6.08 Å². The monoisotopic (exact) mass is 399 g/mol. The average molecular weight is 400 g/mol. The molecule has 0 aliphatic carbocycles. The summed E-state index contributed by atoms with van der Waals surface area (Å²) >= 11 is 0. The number of nitrogens with zero attached hydrogens (tertiary/aromatic N) is 1. The molecule has 0 aromatic heterocycles. The number of rotatable bonds is 8. The Hall–Kier alpha value is -3.17. The molecule has 0 saturated heterocycles. The zero-order chi connectivity index (χ0) is 21.5. The highest BCUT2D eigenvalue weighted by atomic mass is 16.5. The van der Waals surface area contributed by atoms with Gasteiger partial charge in [-0.2, -0.15) is 0 Å². The van der Waals surface area contributed by atoms with Crippen molar-refractivity contribution in [3.05, 3.63) is 95.1 Å². The fourth-order valence-electron chi connectivity index (χ4n) is 3.33. The molecule has 0 bridgehead atoms. The van der Waals surface area contributed by atoms with Crippen molar-refractivity contribution in [2.45, 2.75) is 13.8 Å². The van der Waals surface area contributed by atoms with Crippen molar-refractivity contribution >= 4 is 11.9 Å². The van der Waals surface area contributed by atoms with Gasteiger partial charge in [-0.05, 0) is 62.8 Å². The van der Waals surface area contributed by atoms with Crippen molar-refractivity contribution in [2.24, 2.45) is 0 Å². The molecule has 0 fully saturated rings. The molecule has 0 unspecified atom stereocenters. The van der Waals surface area contributed by atoms with E-state index < -0.39 is 0 Å². The largest absolute Gasteiger partial charge is 0.491 e. The van der Waals surface area contributed by atoms with E-state index in [-0.39, 0.29) is 5.78 Å². The highest BCUT2D eigenvalue weighted by Gasteiger charge is 2.13. The molecule has 30 heavy (non-hydrogen) atoms. The Kier molecular flexibility index (Phi) is 7.21. The number of aryl methyl sites for hydroxylation is 2. The summed E-state index contributed by atoms with van der Waals surface area (Å²) < 4.78 is 5.96. The first-order valence-electron chi connectivity index (χ1n) is 10.2. The van der Waals surface area contributed by atoms with E-state index in [9.17, 15) is 4.79 Å². The highest BCUT2D eigenvalue weighted by molar-refractivity contribution is 6.09. The summed E-state index contributed by atoms with van der Waals surface area (Å²) in [5, 5.41) is 0. The minimum Gasteiger partial charge on any atom is -0.491 e. The summed E-state index contributed by atoms with van der Waals surface area (Å²) in [6.45, 7) is 5.48. The van der Waals surface area contributed by atoms with Gasteiger partial charge in [-0.1, -0.05) is 71.8 Å². The first-order valence-corrected chi connectivity index (χ1v) is 10.2. The predicted octanol–water partition coefficient (Wildman–Crippen LogP) is 5.81. The van der Waals surface area contributed by atoms with Gasteiger partial charge in [0.25, 0.3) is 0 Å². The molecule has 3 nitrogen and oxygen atoms in total. The molecule has 0 spiro atoms. The molecule has 0 saturated carbocycles. The lowest BCUT2D eigenvalue weighted by atomic mass is 9.97. The average Bonchev–Trinajstić information content (AvgIpc) is 2.72. The second kappa shape index (κ2) is 10.0. The number of benzene rings is 3. The number of carbonyl (C=O) groups is 1. The molecule has 3 aromatic carbocycles. The maximum atomic E-state index is 13.1. The third-order valence-electron chi connectivity index (χ3n) is 4.82. The molecular formula is C27H29NO2. The van der Waals surface area contributed by atoms with Gasteiger partial charge in [0.1, 0.15) is 12.4 Å². The van der Waals surface area contributed by atoms with Crippen LogP contribution in [-0.4, -0.2) is 37.9 Å². The third kappa shape index (κ3) is 5.91. The lowest BCUT2D eigenvalue weighted by molar-refractivity contribution is 0.104. The second-order valence-electron chi connectivity index (χ2n) is 7.85. The van der Waals surface area contributed by atoms with E-state index in [0.29, 0.717) is 17.9 Å². The molecule has 0 heterocycles. The molecule has 3 aromatic rings. The number of likely N-dealkylation sites (N-methyl/N-ethyl adjacent to an activating group) is 1. The standard InChI is InChI=1S/C27H29NO2/c1-20-16-21(2)18-24(17-20)23-11-13-27(30-15-14-28(3)4)25(19-23)26(29)12-10-22-8-6-5-7-9-22/h5-13,16-19H,14-15H2,1-4H3. The summed E-state index contributed by atoms with van der Waals surface area (Å²) in [6.07, 6.45) is 3.46. The molecule has 154 valence electrons. The Bertz CT molecular complexity index is 1020. The second-order valence-corrected chi connectivity index (χ2v) is 7.85. The van der Waals surface area contributed by atoms with Crippen molar-refractivity contribution in [1.82, 2.24) is 4.90 Å². The highest BCUT2D eigenvalue weighted by Crippen LogP contribution is 2.29. The molecule has 0 radical (unpaired) electrons. The lowest BCUT2D eigenvalue weighted by Crippen LogP contribution is -2.20. The normalized spacial score (nSPS) is 11.2. The smallest absolute Gasteiger partial charge is 0.189 e. The molecule has 0 aliphatic heterocycles. The quantitative estimate of drug-likeness (QED) is 0.354. The zero-order valence-electron chi connectivity index (χ0n) is 18.2. The first kappa shape index (κ1) is 21.5. The van der Waals surface area contributed by atoms with E-state index in [1.807, 2.05) is 68.7 Å². The van der Waals surface area contributed by atoms with Crippen LogP contribution >= 0.6 is 0 Å². The number of allylic oxidation sites excluding steroid dienone is 1. The fourth-order valence-corrected chi connectivity index (χ4v) is 3.33. The minimum atomic E-state index is -0.0649. The number of hydrogen-bond acceptors (Lipinski definition) is 3. The Labute approximate surface area is 179 Å². The van der Waals surface area contributed by atoms with Gasteiger partial charge in [-0.25, -0.2) is 0 Å². The number of carbonyl (C=O) groups excluding carboxylic acids is 1. The summed E-state index contributed by atoms with van der Waals surface area (Å²) in [4.78, 5) is 15.1. The van der Waals surface area contributed by atoms with Crippen molar-refractivity contribution in [3.63, 3.8) is 0 Å². The van der Waals surface area contributed by atoms with Crippen LogP contribution in [0.1, 0.15) is 27.0 Å². The summed E-state index contributed by atoms with van der Waals surface area (Å²) in [5.74, 6) is 0.553. The van der Waals surface area contributed by atoms with Crippen LogP contribution < -0.4 is 4.74 Å². The van der Waals surface area contributed by atoms with Crippen molar-refractivity contribution in [3.8, 4) is 16.9 Å². The molecule has 3 heteroatoms. The van der Waals surface area contributed by atoms with Crippen LogP contribution in [0.3, 0.4) is 0 Å². The molecular weight excluding hydrogens is 370 g/mol. The molecule has 0 atom stereocenters. The zero-order valence-corrected chi connectivity index (χ0v) is 18.2. The van der Waals surface area contributed by atoms with Crippen LogP contribution in [0.15, 0.2) is 72.8 Å². The van der Waals surface area contributed by atoms with Gasteiger partial charge in [-0.3, -0.25) is 4.79 Å². The van der Waals surface area contributed by atoms with Crippen LogP contribution in [0.5, 0.6) is 5.75 Å². The Morgan fingerprint density at radius 2 is 1.60 bits per heavy atom. The van der Waals surface area contributed by atoms with Gasteiger partial charge in [-0.15, -0.1) is 0 Å². The summed E-state index contributed by atoms with van der Waals surface area (Å²) in [5.41, 5.74) is 6.09. The maximum absolute atomic E-state index is 13.1. The first-order chi connectivity index (χ1) is 14.4. The van der Waals surface area contributed by atoms with Crippen LogP contribution in [0.25, 0.3) is 17.2 Å². The topological polar surface area (TPSA) is 29.5 Å². The van der Waals surface area contributed by atoms with E-state index in [4.69, 9.17) is 4.74 Å². The van der Waals surface area contributed by atoms with Gasteiger partial charge in [0.2, 0.25) is 0 Å². The third-order valence-corrected chi connectivity index (χ3v) is 4.82. The molecule has 3 rings (SSSR count). The van der Waals surface area contributed by atoms with Crippen molar-refractivity contribution < 1.29 is 9.53 Å². The fraction of sp³-hybridized carbons (Fsp3) is 0.222. The Morgan fingerprint density at radius 1 is 0.900 bits per heavy atom. The van der Waals surface area contributed by atoms with Crippen LogP contribution in [0.4, 0.5) is 0 Å². The van der Waals surface area contributed by atoms with Gasteiger partial charge < -0.3 is 9.64 Å². The van der Waals surface area contributed by atoms with Gasteiger partial charge in [0, 0.05) is 6.54 Å². The van der Waals surface area contributed by atoms with Gasteiger partial charge in [0.05, 0.1) is 5.56 Å². The minimum absolute atomic E-state index is 0.0649. The number of ketones is 1.